The van der Waals surface area contributed by atoms with Crippen molar-refractivity contribution in [1.82, 2.24) is 9.13 Å². The molecular weight excluding hydrogens is 428 g/mol. The minimum absolute atomic E-state index is 0.686. The maximum absolute atomic E-state index is 6.02. The van der Waals surface area contributed by atoms with Crippen molar-refractivity contribution >= 4 is 28.9 Å². The monoisotopic (exact) mass is 459 g/mol. The number of aryl methyl sites for hydroxylation is 1. The highest BCUT2D eigenvalue weighted by Gasteiger charge is 2.24. The van der Waals surface area contributed by atoms with Gasteiger partial charge in [0.1, 0.15) is 5.75 Å². The highest BCUT2D eigenvalue weighted by molar-refractivity contribution is 7.71. The summed E-state index contributed by atoms with van der Waals surface area (Å²) >= 11 is 6.02. The van der Waals surface area contributed by atoms with Crippen LogP contribution < -0.4 is 14.5 Å². The van der Waals surface area contributed by atoms with Gasteiger partial charge in [-0.05, 0) is 68.0 Å². The molecule has 6 heteroatoms. The van der Waals surface area contributed by atoms with Crippen molar-refractivity contribution in [3.63, 3.8) is 0 Å². The SMILES string of the molecule is CCOc1ccccc1N1CC[NH+](Cn2c(=S)n(-c3cccc(C)c3)c3ccccc32)CC1. The zero-order valence-corrected chi connectivity index (χ0v) is 20.1. The molecule has 5 rings (SSSR count). The summed E-state index contributed by atoms with van der Waals surface area (Å²) in [5, 5.41) is 0. The number of para-hydroxylation sites is 4. The number of anilines is 1. The van der Waals surface area contributed by atoms with Crippen LogP contribution >= 0.6 is 12.2 Å². The van der Waals surface area contributed by atoms with Crippen LogP contribution in [0.4, 0.5) is 5.69 Å². The van der Waals surface area contributed by atoms with E-state index in [0.717, 1.165) is 54.6 Å². The van der Waals surface area contributed by atoms with Crippen LogP contribution in [0.2, 0.25) is 0 Å². The van der Waals surface area contributed by atoms with Gasteiger partial charge in [0, 0.05) is 5.69 Å². The molecule has 1 fully saturated rings. The van der Waals surface area contributed by atoms with Crippen molar-refractivity contribution in [2.24, 2.45) is 0 Å². The van der Waals surface area contributed by atoms with E-state index in [1.165, 1.54) is 16.8 Å². The molecule has 0 atom stereocenters. The van der Waals surface area contributed by atoms with Crippen LogP contribution in [0.1, 0.15) is 12.5 Å². The maximum Gasteiger partial charge on any atom is 0.189 e. The Kier molecular flexibility index (Phi) is 6.20. The molecular formula is C27H31N4OS+. The van der Waals surface area contributed by atoms with Gasteiger partial charge in [0.2, 0.25) is 0 Å². The van der Waals surface area contributed by atoms with Crippen LogP contribution in [0.15, 0.2) is 72.8 Å². The molecule has 1 saturated heterocycles. The fraction of sp³-hybridized carbons (Fsp3) is 0.296. The highest BCUT2D eigenvalue weighted by Crippen LogP contribution is 2.28. The lowest BCUT2D eigenvalue weighted by atomic mass is 10.2. The molecule has 170 valence electrons. The topological polar surface area (TPSA) is 26.8 Å². The van der Waals surface area contributed by atoms with Crippen molar-refractivity contribution in [2.75, 3.05) is 37.7 Å². The van der Waals surface area contributed by atoms with Crippen LogP contribution in [0, 0.1) is 11.7 Å². The Balaban J connectivity index is 1.39. The molecule has 1 N–H and O–H groups in total. The van der Waals surface area contributed by atoms with E-state index < -0.39 is 0 Å². The second-order valence-electron chi connectivity index (χ2n) is 8.67. The van der Waals surface area contributed by atoms with E-state index in [9.17, 15) is 0 Å². The number of ether oxygens (including phenoxy) is 1. The Labute approximate surface area is 200 Å². The van der Waals surface area contributed by atoms with E-state index in [2.05, 4.69) is 87.7 Å². The van der Waals surface area contributed by atoms with E-state index in [1.807, 2.05) is 13.0 Å². The lowest BCUT2D eigenvalue weighted by Crippen LogP contribution is -3.14. The molecule has 1 aromatic heterocycles. The minimum atomic E-state index is 0.686. The van der Waals surface area contributed by atoms with Crippen molar-refractivity contribution in [3.05, 3.63) is 83.1 Å². The molecule has 0 radical (unpaired) electrons. The number of rotatable bonds is 6. The largest absolute Gasteiger partial charge is 0.492 e. The van der Waals surface area contributed by atoms with Gasteiger partial charge >= 0.3 is 0 Å². The van der Waals surface area contributed by atoms with Crippen LogP contribution in [0.3, 0.4) is 0 Å². The minimum Gasteiger partial charge on any atom is -0.492 e. The Hall–Kier alpha value is -3.09. The fourth-order valence-corrected chi connectivity index (χ4v) is 5.19. The molecule has 4 aromatic rings. The smallest absolute Gasteiger partial charge is 0.189 e. The van der Waals surface area contributed by atoms with Crippen LogP contribution in [-0.4, -0.2) is 41.9 Å². The van der Waals surface area contributed by atoms with Gasteiger partial charge in [-0.3, -0.25) is 9.13 Å². The Morgan fingerprint density at radius 2 is 1.64 bits per heavy atom. The predicted octanol–water partition coefficient (Wildman–Crippen LogP) is 4.23. The summed E-state index contributed by atoms with van der Waals surface area (Å²) in [5.74, 6) is 0.979. The standard InChI is InChI=1S/C27H30N4OS/c1-3-32-26-14-7-6-13-25(26)29-17-15-28(16-18-29)20-30-23-11-4-5-12-24(23)31(27(30)33)22-10-8-9-21(2)19-22/h4-14,19H,3,15-18,20H2,1-2H3/p+1. The molecule has 2 heterocycles. The van der Waals surface area contributed by atoms with E-state index in [-0.39, 0.29) is 0 Å². The van der Waals surface area contributed by atoms with Gasteiger partial charge in [-0.1, -0.05) is 36.4 Å². The Bertz CT molecular complexity index is 1320. The second kappa shape index (κ2) is 9.41. The van der Waals surface area contributed by atoms with Gasteiger partial charge in [-0.15, -0.1) is 0 Å². The zero-order valence-electron chi connectivity index (χ0n) is 19.3. The molecule has 0 spiro atoms. The molecule has 5 nitrogen and oxygen atoms in total. The first-order valence-electron chi connectivity index (χ1n) is 11.7. The number of imidazole rings is 1. The van der Waals surface area contributed by atoms with Gasteiger partial charge < -0.3 is 14.5 Å². The number of aromatic nitrogens is 2. The van der Waals surface area contributed by atoms with Crippen LogP contribution in [-0.2, 0) is 6.67 Å². The molecule has 0 amide bonds. The average molecular weight is 460 g/mol. The first-order valence-corrected chi connectivity index (χ1v) is 12.1. The number of quaternary nitrogens is 1. The lowest BCUT2D eigenvalue weighted by molar-refractivity contribution is -0.923. The summed E-state index contributed by atoms with van der Waals surface area (Å²) in [4.78, 5) is 3.99. The third-order valence-electron chi connectivity index (χ3n) is 6.45. The molecule has 33 heavy (non-hydrogen) atoms. The van der Waals surface area contributed by atoms with Crippen molar-refractivity contribution in [1.29, 1.82) is 0 Å². The van der Waals surface area contributed by atoms with E-state index in [0.29, 0.717) is 6.61 Å². The van der Waals surface area contributed by atoms with E-state index >= 15 is 0 Å². The molecule has 0 aliphatic carbocycles. The maximum atomic E-state index is 6.02. The normalized spacial score (nSPS) is 14.7. The van der Waals surface area contributed by atoms with E-state index in [1.54, 1.807) is 4.90 Å². The number of hydrogen-bond donors (Lipinski definition) is 1. The summed E-state index contributed by atoms with van der Waals surface area (Å²) in [7, 11) is 0. The molecule has 1 aliphatic heterocycles. The molecule has 0 bridgehead atoms. The summed E-state index contributed by atoms with van der Waals surface area (Å²) < 4.78 is 11.2. The molecule has 1 aliphatic rings. The van der Waals surface area contributed by atoms with Crippen molar-refractivity contribution in [3.8, 4) is 11.4 Å². The number of hydrogen-bond acceptors (Lipinski definition) is 3. The van der Waals surface area contributed by atoms with Crippen molar-refractivity contribution < 1.29 is 9.64 Å². The number of nitrogens with one attached hydrogen (secondary N) is 1. The predicted molar refractivity (Wildman–Crippen MR) is 137 cm³/mol. The first-order chi connectivity index (χ1) is 16.2. The second-order valence-corrected chi connectivity index (χ2v) is 9.03. The Morgan fingerprint density at radius 3 is 2.39 bits per heavy atom. The zero-order chi connectivity index (χ0) is 22.8. The van der Waals surface area contributed by atoms with Gasteiger partial charge in [0.25, 0.3) is 0 Å². The molecule has 0 unspecified atom stereocenters. The van der Waals surface area contributed by atoms with Gasteiger partial charge in [0.15, 0.2) is 11.4 Å². The Morgan fingerprint density at radius 1 is 0.909 bits per heavy atom. The summed E-state index contributed by atoms with van der Waals surface area (Å²) in [6.45, 7) is 9.85. The third kappa shape index (κ3) is 4.28. The summed E-state index contributed by atoms with van der Waals surface area (Å²) in [5.41, 5.74) is 5.92. The first kappa shape index (κ1) is 21.7. The van der Waals surface area contributed by atoms with Gasteiger partial charge in [0.05, 0.1) is 49.5 Å². The number of nitrogens with zero attached hydrogens (tertiary/aromatic N) is 3. The highest BCUT2D eigenvalue weighted by atomic mass is 32.1. The average Bonchev–Trinajstić information content (AvgIpc) is 3.11. The van der Waals surface area contributed by atoms with Gasteiger partial charge in [-0.25, -0.2) is 0 Å². The number of piperazine rings is 1. The summed E-state index contributed by atoms with van der Waals surface area (Å²) in [6.07, 6.45) is 0. The van der Waals surface area contributed by atoms with Crippen molar-refractivity contribution in [2.45, 2.75) is 20.5 Å². The molecule has 3 aromatic carbocycles. The van der Waals surface area contributed by atoms with Crippen LogP contribution in [0.5, 0.6) is 5.75 Å². The molecule has 0 saturated carbocycles. The quantitative estimate of drug-likeness (QED) is 0.437. The van der Waals surface area contributed by atoms with E-state index in [4.69, 9.17) is 17.0 Å². The van der Waals surface area contributed by atoms with Gasteiger partial charge in [-0.2, -0.15) is 0 Å². The lowest BCUT2D eigenvalue weighted by Gasteiger charge is -2.34. The third-order valence-corrected chi connectivity index (χ3v) is 6.86. The number of fused-ring (bicyclic) bond motifs is 1. The number of benzene rings is 3. The van der Waals surface area contributed by atoms with Crippen LogP contribution in [0.25, 0.3) is 16.7 Å². The summed E-state index contributed by atoms with van der Waals surface area (Å²) in [6, 6.07) is 25.5. The fourth-order valence-electron chi connectivity index (χ4n) is 4.82.